The second-order valence-corrected chi connectivity index (χ2v) is 8.78. The van der Waals surface area contributed by atoms with Crippen molar-refractivity contribution in [3.63, 3.8) is 0 Å². The van der Waals surface area contributed by atoms with Crippen LogP contribution in [-0.4, -0.2) is 33.3 Å². The summed E-state index contributed by atoms with van der Waals surface area (Å²) in [5.41, 5.74) is 9.01. The highest BCUT2D eigenvalue weighted by Crippen LogP contribution is 2.32. The van der Waals surface area contributed by atoms with Crippen molar-refractivity contribution >= 4 is 28.3 Å². The number of hydrogen-bond acceptors (Lipinski definition) is 5. The van der Waals surface area contributed by atoms with Crippen molar-refractivity contribution in [1.29, 1.82) is 0 Å². The van der Waals surface area contributed by atoms with Gasteiger partial charge in [-0.3, -0.25) is 4.79 Å². The summed E-state index contributed by atoms with van der Waals surface area (Å²) < 4.78 is 1.87. The number of aryl methyl sites for hydroxylation is 2. The van der Waals surface area contributed by atoms with Gasteiger partial charge in [0.15, 0.2) is 5.65 Å². The van der Waals surface area contributed by atoms with Crippen molar-refractivity contribution in [2.24, 2.45) is 5.73 Å². The molecule has 0 saturated heterocycles. The largest absolute Gasteiger partial charge is 0.352 e. The van der Waals surface area contributed by atoms with Gasteiger partial charge in [0.1, 0.15) is 0 Å². The van der Waals surface area contributed by atoms with E-state index in [9.17, 15) is 4.79 Å². The monoisotopic (exact) mass is 385 g/mol. The van der Waals surface area contributed by atoms with E-state index in [4.69, 9.17) is 10.7 Å². The SMILES string of the molecule is Cc1cc(-c2cc(C(=O)NCCC(C)N)c3cnn(C(C)C)c3n2)c(C)s1. The number of nitrogens with two attached hydrogens (primary N) is 1. The molecule has 1 unspecified atom stereocenters. The molecule has 27 heavy (non-hydrogen) atoms. The molecule has 3 aromatic rings. The smallest absolute Gasteiger partial charge is 0.252 e. The number of nitrogens with one attached hydrogen (secondary N) is 1. The maximum Gasteiger partial charge on any atom is 0.252 e. The quantitative estimate of drug-likeness (QED) is 0.675. The molecule has 1 atom stereocenters. The Kier molecular flexibility index (Phi) is 5.62. The molecule has 0 aliphatic carbocycles. The second kappa shape index (κ2) is 7.78. The van der Waals surface area contributed by atoms with E-state index in [1.807, 2.05) is 17.7 Å². The molecule has 0 aliphatic heterocycles. The lowest BCUT2D eigenvalue weighted by Gasteiger charge is -2.11. The number of hydrogen-bond donors (Lipinski definition) is 2. The fourth-order valence-corrected chi connectivity index (χ4v) is 4.05. The molecule has 1 amide bonds. The number of nitrogens with zero attached hydrogens (tertiary/aromatic N) is 3. The van der Waals surface area contributed by atoms with Gasteiger partial charge in [-0.1, -0.05) is 0 Å². The number of carbonyl (C=O) groups excluding carboxylic acids is 1. The van der Waals surface area contributed by atoms with Crippen LogP contribution in [0.3, 0.4) is 0 Å². The highest BCUT2D eigenvalue weighted by Gasteiger charge is 2.19. The molecule has 3 heterocycles. The fourth-order valence-electron chi connectivity index (χ4n) is 3.12. The van der Waals surface area contributed by atoms with Crippen molar-refractivity contribution in [2.75, 3.05) is 6.54 Å². The zero-order valence-electron chi connectivity index (χ0n) is 16.5. The molecule has 0 saturated carbocycles. The molecule has 7 heteroatoms. The molecule has 3 N–H and O–H groups in total. The molecule has 0 aliphatic rings. The molecule has 6 nitrogen and oxygen atoms in total. The molecule has 3 rings (SSSR count). The summed E-state index contributed by atoms with van der Waals surface area (Å²) in [6.07, 6.45) is 2.47. The van der Waals surface area contributed by atoms with E-state index in [0.717, 1.165) is 28.7 Å². The number of carbonyl (C=O) groups is 1. The Labute approximate surface area is 163 Å². The van der Waals surface area contributed by atoms with Crippen LogP contribution in [0.15, 0.2) is 18.3 Å². The minimum Gasteiger partial charge on any atom is -0.352 e. The molecule has 0 aromatic carbocycles. The van der Waals surface area contributed by atoms with Gasteiger partial charge < -0.3 is 11.1 Å². The Morgan fingerprint density at radius 3 is 2.63 bits per heavy atom. The second-order valence-electron chi connectivity index (χ2n) is 7.32. The standard InChI is InChI=1S/C20H27N5OS/c1-11(2)25-19-17(10-23-25)16(20(26)22-7-6-12(3)21)9-18(24-19)15-8-13(4)27-14(15)5/h8-12H,6-7,21H2,1-5H3,(H,22,26). The van der Waals surface area contributed by atoms with Gasteiger partial charge in [0, 0.05) is 33.9 Å². The minimum atomic E-state index is -0.114. The van der Waals surface area contributed by atoms with Gasteiger partial charge in [-0.15, -0.1) is 11.3 Å². The van der Waals surface area contributed by atoms with Crippen LogP contribution in [0.4, 0.5) is 0 Å². The zero-order chi connectivity index (χ0) is 19.7. The summed E-state index contributed by atoms with van der Waals surface area (Å²) >= 11 is 1.74. The van der Waals surface area contributed by atoms with Gasteiger partial charge in [-0.25, -0.2) is 9.67 Å². The van der Waals surface area contributed by atoms with E-state index in [0.29, 0.717) is 12.1 Å². The molecule has 0 fully saturated rings. The lowest BCUT2D eigenvalue weighted by molar-refractivity contribution is 0.0954. The van der Waals surface area contributed by atoms with Gasteiger partial charge in [-0.2, -0.15) is 5.10 Å². The van der Waals surface area contributed by atoms with E-state index in [1.165, 1.54) is 9.75 Å². The lowest BCUT2D eigenvalue weighted by atomic mass is 10.1. The number of amides is 1. The van der Waals surface area contributed by atoms with Crippen LogP contribution in [0.25, 0.3) is 22.3 Å². The first kappa shape index (κ1) is 19.5. The first-order chi connectivity index (χ1) is 12.8. The molecule has 0 radical (unpaired) electrons. The number of fused-ring (bicyclic) bond motifs is 1. The van der Waals surface area contributed by atoms with Crippen molar-refractivity contribution < 1.29 is 4.79 Å². The van der Waals surface area contributed by atoms with Gasteiger partial charge in [0.2, 0.25) is 0 Å². The lowest BCUT2D eigenvalue weighted by Crippen LogP contribution is -2.29. The first-order valence-corrected chi connectivity index (χ1v) is 10.1. The van der Waals surface area contributed by atoms with E-state index in [2.05, 4.69) is 44.2 Å². The van der Waals surface area contributed by atoms with Crippen LogP contribution in [0.2, 0.25) is 0 Å². The molecule has 0 spiro atoms. The third-order valence-electron chi connectivity index (χ3n) is 4.50. The Hall–Kier alpha value is -2.25. The number of rotatable bonds is 6. The van der Waals surface area contributed by atoms with Gasteiger partial charge in [0.25, 0.3) is 5.91 Å². The van der Waals surface area contributed by atoms with Crippen LogP contribution in [0.5, 0.6) is 0 Å². The van der Waals surface area contributed by atoms with Gasteiger partial charge in [0.05, 0.1) is 22.8 Å². The van der Waals surface area contributed by atoms with Crippen molar-refractivity contribution in [3.05, 3.63) is 33.6 Å². The Balaban J connectivity index is 2.10. The van der Waals surface area contributed by atoms with E-state index in [-0.39, 0.29) is 18.0 Å². The zero-order valence-corrected chi connectivity index (χ0v) is 17.4. The van der Waals surface area contributed by atoms with Crippen LogP contribution in [0.1, 0.15) is 53.3 Å². The summed E-state index contributed by atoms with van der Waals surface area (Å²) in [5.74, 6) is -0.114. The van der Waals surface area contributed by atoms with E-state index in [1.54, 1.807) is 17.5 Å². The Bertz CT molecular complexity index is 970. The average molecular weight is 386 g/mol. The highest BCUT2D eigenvalue weighted by molar-refractivity contribution is 7.12. The predicted octanol–water partition coefficient (Wildman–Crippen LogP) is 3.82. The summed E-state index contributed by atoms with van der Waals surface area (Å²) in [6.45, 7) is 10.8. The number of thiophene rings is 1. The van der Waals surface area contributed by atoms with Crippen molar-refractivity contribution in [2.45, 2.75) is 53.1 Å². The molecular weight excluding hydrogens is 358 g/mol. The molecule has 0 bridgehead atoms. The summed E-state index contributed by atoms with van der Waals surface area (Å²) in [7, 11) is 0. The van der Waals surface area contributed by atoms with Crippen LogP contribution < -0.4 is 11.1 Å². The predicted molar refractivity (Wildman–Crippen MR) is 111 cm³/mol. The van der Waals surface area contributed by atoms with E-state index >= 15 is 0 Å². The third kappa shape index (κ3) is 4.04. The van der Waals surface area contributed by atoms with E-state index < -0.39 is 0 Å². The number of pyridine rings is 1. The maximum atomic E-state index is 12.9. The summed E-state index contributed by atoms with van der Waals surface area (Å²) in [6, 6.07) is 4.22. The maximum absolute atomic E-state index is 12.9. The summed E-state index contributed by atoms with van der Waals surface area (Å²) in [4.78, 5) is 20.2. The topological polar surface area (TPSA) is 85.8 Å². The third-order valence-corrected chi connectivity index (χ3v) is 5.47. The Morgan fingerprint density at radius 2 is 2.04 bits per heavy atom. The normalized spacial score (nSPS) is 12.7. The first-order valence-electron chi connectivity index (χ1n) is 9.27. The van der Waals surface area contributed by atoms with Crippen molar-refractivity contribution in [1.82, 2.24) is 20.1 Å². The minimum absolute atomic E-state index is 0.0541. The molecule has 3 aromatic heterocycles. The van der Waals surface area contributed by atoms with Crippen molar-refractivity contribution in [3.8, 4) is 11.3 Å². The highest BCUT2D eigenvalue weighted by atomic mass is 32.1. The average Bonchev–Trinajstić information content (AvgIpc) is 3.16. The fraction of sp³-hybridized carbons (Fsp3) is 0.450. The van der Waals surface area contributed by atoms with Gasteiger partial charge in [-0.05, 0) is 53.2 Å². The molecule has 144 valence electrons. The Morgan fingerprint density at radius 1 is 1.30 bits per heavy atom. The van der Waals surface area contributed by atoms with Gasteiger partial charge >= 0.3 is 0 Å². The van der Waals surface area contributed by atoms with Crippen LogP contribution in [0, 0.1) is 13.8 Å². The van der Waals surface area contributed by atoms with Crippen LogP contribution >= 0.6 is 11.3 Å². The number of aromatic nitrogens is 3. The van der Waals surface area contributed by atoms with Crippen LogP contribution in [-0.2, 0) is 0 Å². The molecular formula is C20H27N5OS. The summed E-state index contributed by atoms with van der Waals surface area (Å²) in [5, 5.41) is 8.22.